The molecule has 0 aromatic carbocycles. The Morgan fingerprint density at radius 2 is 1.93 bits per heavy atom. The lowest BCUT2D eigenvalue weighted by atomic mass is 9.86. The molecule has 0 spiro atoms. The van der Waals surface area contributed by atoms with E-state index < -0.39 is 5.92 Å². The number of aromatic amines is 1. The monoisotopic (exact) mass is 381 g/mol. The molecule has 4 aromatic rings. The summed E-state index contributed by atoms with van der Waals surface area (Å²) in [4.78, 5) is 12.2. The highest BCUT2D eigenvalue weighted by Crippen LogP contribution is 2.40. The molecule has 1 N–H and O–H groups in total. The minimum absolute atomic E-state index is 0.0852. The summed E-state index contributed by atoms with van der Waals surface area (Å²) in [6, 6.07) is 5.60. The molecule has 1 fully saturated rings. The average molecular weight is 381 g/mol. The highest BCUT2D eigenvalue weighted by atomic mass is 19.3. The van der Waals surface area contributed by atoms with Crippen LogP contribution in [0.3, 0.4) is 0 Å². The van der Waals surface area contributed by atoms with E-state index in [-0.39, 0.29) is 18.8 Å². The minimum Gasteiger partial charge on any atom is -0.346 e. The molecule has 4 aromatic heterocycles. The van der Waals surface area contributed by atoms with E-state index in [1.165, 1.54) is 0 Å². The summed E-state index contributed by atoms with van der Waals surface area (Å²) in [6.45, 7) is 0. The van der Waals surface area contributed by atoms with Crippen molar-refractivity contribution in [1.29, 1.82) is 0 Å². The molecule has 28 heavy (non-hydrogen) atoms. The van der Waals surface area contributed by atoms with Crippen molar-refractivity contribution in [2.24, 2.45) is 0 Å². The Bertz CT molecular complexity index is 1110. The van der Waals surface area contributed by atoms with Gasteiger partial charge in [-0.3, -0.25) is 0 Å². The van der Waals surface area contributed by atoms with Gasteiger partial charge in [0.2, 0.25) is 5.92 Å². The van der Waals surface area contributed by atoms with Crippen LogP contribution in [-0.4, -0.2) is 40.9 Å². The zero-order valence-electron chi connectivity index (χ0n) is 14.9. The van der Waals surface area contributed by atoms with Gasteiger partial charge in [0.25, 0.3) is 0 Å². The SMILES string of the molecule is FC1(F)CCC(c2nc(-c3ccnc4[nH]ccc34)n(-c3ccnnc3)n2)CC1. The number of H-pyrrole nitrogens is 1. The summed E-state index contributed by atoms with van der Waals surface area (Å²) < 4.78 is 28.9. The first-order chi connectivity index (χ1) is 13.6. The molecule has 0 amide bonds. The first-order valence-corrected chi connectivity index (χ1v) is 9.15. The van der Waals surface area contributed by atoms with Gasteiger partial charge in [-0.15, -0.1) is 0 Å². The second-order valence-corrected chi connectivity index (χ2v) is 7.03. The van der Waals surface area contributed by atoms with Crippen LogP contribution in [0.4, 0.5) is 8.78 Å². The van der Waals surface area contributed by atoms with E-state index in [2.05, 4.69) is 25.3 Å². The number of halogens is 2. The first-order valence-electron chi connectivity index (χ1n) is 9.15. The predicted molar refractivity (Wildman–Crippen MR) is 98.2 cm³/mol. The normalized spacial score (nSPS) is 17.2. The Labute approximate surface area is 158 Å². The molecule has 5 rings (SSSR count). The van der Waals surface area contributed by atoms with Gasteiger partial charge in [0.1, 0.15) is 5.65 Å². The lowest BCUT2D eigenvalue weighted by Crippen LogP contribution is -2.24. The highest BCUT2D eigenvalue weighted by Gasteiger charge is 2.37. The largest absolute Gasteiger partial charge is 0.346 e. The molecule has 1 aliphatic rings. The van der Waals surface area contributed by atoms with E-state index in [9.17, 15) is 8.78 Å². The van der Waals surface area contributed by atoms with Crippen LogP contribution >= 0.6 is 0 Å². The van der Waals surface area contributed by atoms with Gasteiger partial charge in [-0.05, 0) is 31.0 Å². The van der Waals surface area contributed by atoms with Crippen LogP contribution < -0.4 is 0 Å². The van der Waals surface area contributed by atoms with Crippen molar-refractivity contribution in [2.45, 2.75) is 37.5 Å². The fraction of sp³-hybridized carbons (Fsp3) is 0.316. The summed E-state index contributed by atoms with van der Waals surface area (Å²) in [5.74, 6) is -1.45. The van der Waals surface area contributed by atoms with Crippen molar-refractivity contribution in [3.63, 3.8) is 0 Å². The molecule has 4 heterocycles. The van der Waals surface area contributed by atoms with Crippen LogP contribution in [0.2, 0.25) is 0 Å². The maximum atomic E-state index is 13.6. The third-order valence-electron chi connectivity index (χ3n) is 5.22. The van der Waals surface area contributed by atoms with E-state index in [1.807, 2.05) is 18.3 Å². The molecular weight excluding hydrogens is 364 g/mol. The van der Waals surface area contributed by atoms with Gasteiger partial charge >= 0.3 is 0 Å². The maximum absolute atomic E-state index is 13.6. The highest BCUT2D eigenvalue weighted by molar-refractivity contribution is 5.91. The fourth-order valence-corrected chi connectivity index (χ4v) is 3.72. The predicted octanol–water partition coefficient (Wildman–Crippen LogP) is 3.89. The topological polar surface area (TPSA) is 85.2 Å². The first kappa shape index (κ1) is 16.9. The number of hydrogen-bond donors (Lipinski definition) is 1. The third kappa shape index (κ3) is 2.92. The summed E-state index contributed by atoms with van der Waals surface area (Å²) in [5.41, 5.74) is 2.33. The lowest BCUT2D eigenvalue weighted by molar-refractivity contribution is -0.0387. The third-order valence-corrected chi connectivity index (χ3v) is 5.22. The number of hydrogen-bond acceptors (Lipinski definition) is 5. The molecule has 0 atom stereocenters. The van der Waals surface area contributed by atoms with Crippen molar-refractivity contribution < 1.29 is 8.78 Å². The van der Waals surface area contributed by atoms with Gasteiger partial charge in [0.05, 0.1) is 18.1 Å². The van der Waals surface area contributed by atoms with Crippen molar-refractivity contribution >= 4 is 11.0 Å². The lowest BCUT2D eigenvalue weighted by Gasteiger charge is -2.26. The number of fused-ring (bicyclic) bond motifs is 1. The Kier molecular flexibility index (Phi) is 3.88. The number of nitrogens with zero attached hydrogens (tertiary/aromatic N) is 6. The molecule has 142 valence electrons. The molecular formula is C19H17F2N7. The molecule has 0 radical (unpaired) electrons. The Balaban J connectivity index is 1.63. The number of pyridine rings is 1. The summed E-state index contributed by atoms with van der Waals surface area (Å²) >= 11 is 0. The van der Waals surface area contributed by atoms with Crippen molar-refractivity contribution in [2.75, 3.05) is 0 Å². The van der Waals surface area contributed by atoms with Crippen LogP contribution in [0.5, 0.6) is 0 Å². The number of aromatic nitrogens is 7. The molecule has 0 aliphatic heterocycles. The van der Waals surface area contributed by atoms with E-state index in [0.717, 1.165) is 16.6 Å². The zero-order valence-corrected chi connectivity index (χ0v) is 14.9. The van der Waals surface area contributed by atoms with Crippen LogP contribution in [0.15, 0.2) is 43.0 Å². The molecule has 0 bridgehead atoms. The molecule has 7 nitrogen and oxygen atoms in total. The van der Waals surface area contributed by atoms with Gasteiger partial charge in [-0.25, -0.2) is 23.4 Å². The van der Waals surface area contributed by atoms with Gasteiger partial charge in [-0.1, -0.05) is 0 Å². The van der Waals surface area contributed by atoms with E-state index in [1.54, 1.807) is 29.3 Å². The van der Waals surface area contributed by atoms with E-state index in [0.29, 0.717) is 30.2 Å². The van der Waals surface area contributed by atoms with Crippen LogP contribution in [0.1, 0.15) is 37.4 Å². The Morgan fingerprint density at radius 1 is 1.07 bits per heavy atom. The van der Waals surface area contributed by atoms with Gasteiger partial charge < -0.3 is 4.98 Å². The maximum Gasteiger partial charge on any atom is 0.248 e. The summed E-state index contributed by atoms with van der Waals surface area (Å²) in [5, 5.41) is 13.3. The number of alkyl halides is 2. The number of nitrogens with one attached hydrogen (secondary N) is 1. The van der Waals surface area contributed by atoms with E-state index >= 15 is 0 Å². The van der Waals surface area contributed by atoms with E-state index in [4.69, 9.17) is 4.98 Å². The molecule has 0 saturated heterocycles. The van der Waals surface area contributed by atoms with Crippen molar-refractivity contribution in [3.8, 4) is 17.1 Å². The minimum atomic E-state index is -2.58. The standard InChI is InChI=1S/C19H17F2N7/c20-19(21)6-1-12(2-7-19)16-26-18(28(27-16)13-3-10-24-25-11-13)15-5-9-23-17-14(15)4-8-22-17/h3-5,8-12H,1-2,6-7H2,(H,22,23). The summed E-state index contributed by atoms with van der Waals surface area (Å²) in [7, 11) is 0. The quantitative estimate of drug-likeness (QED) is 0.582. The van der Waals surface area contributed by atoms with Crippen molar-refractivity contribution in [1.82, 2.24) is 34.9 Å². The van der Waals surface area contributed by atoms with Gasteiger partial charge in [-0.2, -0.15) is 15.3 Å². The second kappa shape index (κ2) is 6.43. The van der Waals surface area contributed by atoms with Crippen molar-refractivity contribution in [3.05, 3.63) is 48.8 Å². The van der Waals surface area contributed by atoms with Gasteiger partial charge in [0, 0.05) is 42.1 Å². The Morgan fingerprint density at radius 3 is 2.71 bits per heavy atom. The molecule has 1 aliphatic carbocycles. The molecule has 1 saturated carbocycles. The van der Waals surface area contributed by atoms with Crippen LogP contribution in [-0.2, 0) is 0 Å². The fourth-order valence-electron chi connectivity index (χ4n) is 3.72. The Hall–Kier alpha value is -3.23. The van der Waals surface area contributed by atoms with Crippen LogP contribution in [0, 0.1) is 0 Å². The molecule has 9 heteroatoms. The smallest absolute Gasteiger partial charge is 0.248 e. The zero-order chi connectivity index (χ0) is 19.1. The second-order valence-electron chi connectivity index (χ2n) is 7.03. The summed E-state index contributed by atoms with van der Waals surface area (Å²) in [6.07, 6.45) is 7.21. The van der Waals surface area contributed by atoms with Crippen LogP contribution in [0.25, 0.3) is 28.1 Å². The molecule has 0 unspecified atom stereocenters. The van der Waals surface area contributed by atoms with Gasteiger partial charge in [0.15, 0.2) is 11.6 Å². The average Bonchev–Trinajstić information content (AvgIpc) is 3.36. The number of rotatable bonds is 3.